The number of aryl methyl sites for hydroxylation is 1. The van der Waals surface area contributed by atoms with Gasteiger partial charge in [0, 0.05) is 12.0 Å². The summed E-state index contributed by atoms with van der Waals surface area (Å²) in [5.41, 5.74) is 1.95. The Labute approximate surface area is 127 Å². The zero-order valence-corrected chi connectivity index (χ0v) is 11.9. The van der Waals surface area contributed by atoms with Gasteiger partial charge in [-0.25, -0.2) is 0 Å². The molecular weight excluding hydrogens is 289 g/mol. The molecule has 1 nitrogen and oxygen atoms in total. The van der Waals surface area contributed by atoms with Crippen LogP contribution in [0.4, 0.5) is 13.2 Å². The van der Waals surface area contributed by atoms with Crippen LogP contribution in [0.5, 0.6) is 5.75 Å². The highest BCUT2D eigenvalue weighted by Gasteiger charge is 2.30. The molecule has 0 atom stereocenters. The van der Waals surface area contributed by atoms with Crippen molar-refractivity contribution in [3.05, 3.63) is 65.7 Å². The van der Waals surface area contributed by atoms with Crippen LogP contribution in [0.25, 0.3) is 0 Å². The van der Waals surface area contributed by atoms with Crippen LogP contribution < -0.4 is 4.74 Å². The summed E-state index contributed by atoms with van der Waals surface area (Å²) in [6.07, 6.45) is -2.00. The summed E-state index contributed by atoms with van der Waals surface area (Å²) in [5, 5.41) is 0. The first-order valence-electron chi connectivity index (χ1n) is 6.91. The largest absolute Gasteiger partial charge is 0.573 e. The molecule has 0 bridgehead atoms. The van der Waals surface area contributed by atoms with Crippen LogP contribution in [0.15, 0.2) is 54.6 Å². The maximum atomic E-state index is 12.0. The Morgan fingerprint density at radius 1 is 0.909 bits per heavy atom. The Bertz CT molecular complexity index is 634. The monoisotopic (exact) mass is 304 g/mol. The van der Waals surface area contributed by atoms with E-state index in [1.54, 1.807) is 0 Å². The van der Waals surface area contributed by atoms with E-state index in [-0.39, 0.29) is 5.75 Å². The molecule has 0 saturated carbocycles. The Kier molecular flexibility index (Phi) is 5.48. The highest BCUT2D eigenvalue weighted by molar-refractivity contribution is 5.38. The molecule has 0 aliphatic rings. The van der Waals surface area contributed by atoms with E-state index in [1.165, 1.54) is 29.8 Å². The third-order valence-corrected chi connectivity index (χ3v) is 2.93. The maximum absolute atomic E-state index is 12.0. The van der Waals surface area contributed by atoms with Gasteiger partial charge in [0.15, 0.2) is 0 Å². The standard InChI is InChI=1S/C18H15F3O/c19-18(20,21)22-17-13-11-16(12-14-17)10-6-2-5-9-15-7-3-1-4-8-15/h1,3-4,7-8,11-14H,2,5,9H2. The average molecular weight is 304 g/mol. The zero-order chi connectivity index (χ0) is 15.8. The number of hydrogen-bond acceptors (Lipinski definition) is 1. The van der Waals surface area contributed by atoms with Crippen LogP contribution in [0, 0.1) is 11.8 Å². The Morgan fingerprint density at radius 2 is 1.59 bits per heavy atom. The minimum Gasteiger partial charge on any atom is -0.406 e. The first-order chi connectivity index (χ1) is 10.5. The molecule has 0 amide bonds. The summed E-state index contributed by atoms with van der Waals surface area (Å²) in [7, 11) is 0. The lowest BCUT2D eigenvalue weighted by molar-refractivity contribution is -0.274. The summed E-state index contributed by atoms with van der Waals surface area (Å²) < 4.78 is 39.9. The second-order valence-corrected chi connectivity index (χ2v) is 4.71. The number of rotatable bonds is 4. The molecule has 22 heavy (non-hydrogen) atoms. The van der Waals surface area contributed by atoms with E-state index in [4.69, 9.17) is 0 Å². The Balaban J connectivity index is 1.79. The Morgan fingerprint density at radius 3 is 2.23 bits per heavy atom. The molecule has 114 valence electrons. The molecule has 2 aromatic carbocycles. The quantitative estimate of drug-likeness (QED) is 0.573. The van der Waals surface area contributed by atoms with Gasteiger partial charge in [0.1, 0.15) is 5.75 Å². The van der Waals surface area contributed by atoms with Gasteiger partial charge < -0.3 is 4.74 Å². The van der Waals surface area contributed by atoms with Crippen molar-refractivity contribution in [1.82, 2.24) is 0 Å². The third-order valence-electron chi connectivity index (χ3n) is 2.93. The smallest absolute Gasteiger partial charge is 0.406 e. The number of alkyl halides is 3. The lowest BCUT2D eigenvalue weighted by atomic mass is 10.1. The van der Waals surface area contributed by atoms with Crippen LogP contribution in [0.1, 0.15) is 24.0 Å². The molecule has 2 aromatic rings. The van der Waals surface area contributed by atoms with Gasteiger partial charge >= 0.3 is 6.36 Å². The normalized spacial score (nSPS) is 10.7. The SMILES string of the molecule is FC(F)(F)Oc1ccc(C#CCCCc2ccccc2)cc1. The first-order valence-corrected chi connectivity index (χ1v) is 6.91. The summed E-state index contributed by atoms with van der Waals surface area (Å²) in [4.78, 5) is 0. The lowest BCUT2D eigenvalue weighted by Gasteiger charge is -2.07. The zero-order valence-electron chi connectivity index (χ0n) is 11.9. The topological polar surface area (TPSA) is 9.23 Å². The molecule has 0 unspecified atom stereocenters. The van der Waals surface area contributed by atoms with Gasteiger partial charge in [-0.1, -0.05) is 42.2 Å². The van der Waals surface area contributed by atoms with Gasteiger partial charge in [-0.05, 0) is 42.7 Å². The van der Waals surface area contributed by atoms with E-state index in [0.717, 1.165) is 19.3 Å². The molecule has 0 fully saturated rings. The van der Waals surface area contributed by atoms with Gasteiger partial charge in [-0.3, -0.25) is 0 Å². The first kappa shape index (κ1) is 16.0. The summed E-state index contributed by atoms with van der Waals surface area (Å²) in [6, 6.07) is 15.7. The minimum atomic E-state index is -4.66. The van der Waals surface area contributed by atoms with E-state index in [0.29, 0.717) is 5.56 Å². The lowest BCUT2D eigenvalue weighted by Crippen LogP contribution is -2.16. The molecule has 0 aliphatic carbocycles. The van der Waals surface area contributed by atoms with Gasteiger partial charge in [0.25, 0.3) is 0 Å². The number of benzene rings is 2. The van der Waals surface area contributed by atoms with Crippen LogP contribution in [-0.4, -0.2) is 6.36 Å². The van der Waals surface area contributed by atoms with Crippen molar-refractivity contribution in [2.24, 2.45) is 0 Å². The van der Waals surface area contributed by atoms with Crippen molar-refractivity contribution in [2.45, 2.75) is 25.6 Å². The summed E-state index contributed by atoms with van der Waals surface area (Å²) in [6.45, 7) is 0. The minimum absolute atomic E-state index is 0.234. The highest BCUT2D eigenvalue weighted by Crippen LogP contribution is 2.22. The highest BCUT2D eigenvalue weighted by atomic mass is 19.4. The maximum Gasteiger partial charge on any atom is 0.573 e. The molecule has 2 rings (SSSR count). The molecular formula is C18H15F3O. The molecule has 0 spiro atoms. The van der Waals surface area contributed by atoms with Crippen molar-refractivity contribution >= 4 is 0 Å². The van der Waals surface area contributed by atoms with Crippen molar-refractivity contribution in [1.29, 1.82) is 0 Å². The van der Waals surface area contributed by atoms with Crippen LogP contribution in [0.2, 0.25) is 0 Å². The van der Waals surface area contributed by atoms with E-state index < -0.39 is 6.36 Å². The third kappa shape index (κ3) is 5.92. The molecule has 0 radical (unpaired) electrons. The molecule has 0 aliphatic heterocycles. The van der Waals surface area contributed by atoms with E-state index in [9.17, 15) is 13.2 Å². The van der Waals surface area contributed by atoms with Crippen molar-refractivity contribution in [2.75, 3.05) is 0 Å². The van der Waals surface area contributed by atoms with Crippen molar-refractivity contribution in [3.63, 3.8) is 0 Å². The molecule has 0 N–H and O–H groups in total. The predicted octanol–water partition coefficient (Wildman–Crippen LogP) is 4.96. The fourth-order valence-electron chi connectivity index (χ4n) is 1.93. The van der Waals surface area contributed by atoms with Crippen LogP contribution >= 0.6 is 0 Å². The predicted molar refractivity (Wildman–Crippen MR) is 79.4 cm³/mol. The molecule has 0 heterocycles. The summed E-state index contributed by atoms with van der Waals surface area (Å²) in [5.74, 6) is 5.73. The number of halogens is 3. The average Bonchev–Trinajstić information content (AvgIpc) is 2.48. The van der Waals surface area contributed by atoms with Gasteiger partial charge in [-0.15, -0.1) is 13.2 Å². The van der Waals surface area contributed by atoms with Gasteiger partial charge in [0.2, 0.25) is 0 Å². The van der Waals surface area contributed by atoms with E-state index >= 15 is 0 Å². The molecule has 4 heteroatoms. The van der Waals surface area contributed by atoms with Crippen LogP contribution in [-0.2, 0) is 6.42 Å². The summed E-state index contributed by atoms with van der Waals surface area (Å²) >= 11 is 0. The van der Waals surface area contributed by atoms with Gasteiger partial charge in [-0.2, -0.15) is 0 Å². The van der Waals surface area contributed by atoms with E-state index in [1.807, 2.05) is 18.2 Å². The van der Waals surface area contributed by atoms with Gasteiger partial charge in [0.05, 0.1) is 0 Å². The second kappa shape index (κ2) is 7.56. The Hall–Kier alpha value is -2.41. The second-order valence-electron chi connectivity index (χ2n) is 4.71. The fraction of sp³-hybridized carbons (Fsp3) is 0.222. The fourth-order valence-corrected chi connectivity index (χ4v) is 1.93. The number of hydrogen-bond donors (Lipinski definition) is 0. The van der Waals surface area contributed by atoms with E-state index in [2.05, 4.69) is 28.7 Å². The number of ether oxygens (including phenoxy) is 1. The van der Waals surface area contributed by atoms with Crippen LogP contribution in [0.3, 0.4) is 0 Å². The van der Waals surface area contributed by atoms with Crippen molar-refractivity contribution < 1.29 is 17.9 Å². The molecule has 0 aromatic heterocycles. The molecule has 0 saturated heterocycles. The number of unbranched alkanes of at least 4 members (excludes halogenated alkanes) is 1. The van der Waals surface area contributed by atoms with Crippen molar-refractivity contribution in [3.8, 4) is 17.6 Å².